The van der Waals surface area contributed by atoms with E-state index in [1.165, 1.54) is 156 Å². The summed E-state index contributed by atoms with van der Waals surface area (Å²) in [5.74, 6) is 1.68. The van der Waals surface area contributed by atoms with Gasteiger partial charge in [0.25, 0.3) is 0 Å². The average molecular weight is 509 g/mol. The molecule has 1 aliphatic rings. The zero-order chi connectivity index (χ0) is 26.4. The van der Waals surface area contributed by atoms with Gasteiger partial charge in [-0.2, -0.15) is 0 Å². The summed E-state index contributed by atoms with van der Waals surface area (Å²) in [4.78, 5) is 11.0. The quantitative estimate of drug-likeness (QED) is 0.127. The Morgan fingerprint density at radius 1 is 0.472 bits per heavy atom. The standard InChI is InChI=1S/C32H68N4/c1-7-9-11-19-33(21-13-17-31(3)4)23-15-25-35-27-29-36(30-28-35)26-16-24-34(20-12-10-8-2)22-14-18-32(5)6/h31-32H,7-30H2,1-6H3. The van der Waals surface area contributed by atoms with Crippen molar-refractivity contribution < 1.29 is 0 Å². The summed E-state index contributed by atoms with van der Waals surface area (Å²) < 4.78 is 0. The number of hydrogen-bond donors (Lipinski definition) is 0. The molecular weight excluding hydrogens is 440 g/mol. The van der Waals surface area contributed by atoms with Gasteiger partial charge in [-0.25, -0.2) is 0 Å². The van der Waals surface area contributed by atoms with Crippen LogP contribution in [0.25, 0.3) is 0 Å². The average Bonchev–Trinajstić information content (AvgIpc) is 2.84. The van der Waals surface area contributed by atoms with E-state index in [-0.39, 0.29) is 0 Å². The van der Waals surface area contributed by atoms with Gasteiger partial charge in [-0.05, 0) is 116 Å². The van der Waals surface area contributed by atoms with E-state index >= 15 is 0 Å². The van der Waals surface area contributed by atoms with E-state index in [9.17, 15) is 0 Å². The predicted octanol–water partition coefficient (Wildman–Crippen LogP) is 7.24. The van der Waals surface area contributed by atoms with Crippen molar-refractivity contribution in [3.63, 3.8) is 0 Å². The van der Waals surface area contributed by atoms with E-state index in [0.717, 1.165) is 11.8 Å². The van der Waals surface area contributed by atoms with Gasteiger partial charge < -0.3 is 19.6 Å². The largest absolute Gasteiger partial charge is 0.303 e. The van der Waals surface area contributed by atoms with Gasteiger partial charge in [0.2, 0.25) is 0 Å². The topological polar surface area (TPSA) is 13.0 Å². The lowest BCUT2D eigenvalue weighted by Gasteiger charge is -2.35. The molecule has 0 N–H and O–H groups in total. The third-order valence-corrected chi connectivity index (χ3v) is 8.03. The highest BCUT2D eigenvalue weighted by atomic mass is 15.3. The van der Waals surface area contributed by atoms with Crippen molar-refractivity contribution in [1.82, 2.24) is 19.6 Å². The fraction of sp³-hybridized carbons (Fsp3) is 1.00. The zero-order valence-corrected chi connectivity index (χ0v) is 25.9. The van der Waals surface area contributed by atoms with Crippen LogP contribution in [0.2, 0.25) is 0 Å². The van der Waals surface area contributed by atoms with E-state index in [2.05, 4.69) is 61.1 Å². The summed E-state index contributed by atoms with van der Waals surface area (Å²) in [6, 6.07) is 0. The number of piperazine rings is 1. The number of nitrogens with zero attached hydrogens (tertiary/aromatic N) is 4. The second-order valence-corrected chi connectivity index (χ2v) is 12.6. The normalized spacial score (nSPS) is 15.8. The highest BCUT2D eigenvalue weighted by Gasteiger charge is 2.17. The summed E-state index contributed by atoms with van der Waals surface area (Å²) in [6.07, 6.45) is 16.4. The zero-order valence-electron chi connectivity index (χ0n) is 25.9. The fourth-order valence-corrected chi connectivity index (χ4v) is 5.56. The minimum absolute atomic E-state index is 0.841. The smallest absolute Gasteiger partial charge is 0.0110 e. The van der Waals surface area contributed by atoms with Crippen molar-refractivity contribution in [2.75, 3.05) is 78.5 Å². The molecule has 0 amide bonds. The molecule has 0 spiro atoms. The van der Waals surface area contributed by atoms with Crippen LogP contribution in [-0.2, 0) is 0 Å². The summed E-state index contributed by atoms with van der Waals surface area (Å²) in [7, 11) is 0. The van der Waals surface area contributed by atoms with Crippen LogP contribution >= 0.6 is 0 Å². The Bertz CT molecular complexity index is 417. The first-order valence-electron chi connectivity index (χ1n) is 16.3. The lowest BCUT2D eigenvalue weighted by molar-refractivity contribution is 0.121. The Morgan fingerprint density at radius 2 is 0.806 bits per heavy atom. The molecule has 4 nitrogen and oxygen atoms in total. The van der Waals surface area contributed by atoms with Crippen LogP contribution in [0.4, 0.5) is 0 Å². The van der Waals surface area contributed by atoms with Crippen LogP contribution in [0, 0.1) is 11.8 Å². The molecule has 0 bridgehead atoms. The van der Waals surface area contributed by atoms with Crippen molar-refractivity contribution in [1.29, 1.82) is 0 Å². The SMILES string of the molecule is CCCCCN(CCCC(C)C)CCCN1CCN(CCCN(CCCCC)CCCC(C)C)CC1. The molecule has 1 fully saturated rings. The van der Waals surface area contributed by atoms with Gasteiger partial charge in [-0.15, -0.1) is 0 Å². The maximum Gasteiger partial charge on any atom is 0.0110 e. The maximum atomic E-state index is 2.77. The first-order valence-corrected chi connectivity index (χ1v) is 16.3. The molecule has 216 valence electrons. The molecule has 0 aliphatic carbocycles. The van der Waals surface area contributed by atoms with Crippen LogP contribution in [0.3, 0.4) is 0 Å². The van der Waals surface area contributed by atoms with Crippen LogP contribution in [0.15, 0.2) is 0 Å². The van der Waals surface area contributed by atoms with Crippen molar-refractivity contribution in [2.24, 2.45) is 11.8 Å². The summed E-state index contributed by atoms with van der Waals surface area (Å²) in [5, 5.41) is 0. The molecular formula is C32H68N4. The Morgan fingerprint density at radius 3 is 1.14 bits per heavy atom. The molecule has 1 rings (SSSR count). The van der Waals surface area contributed by atoms with Crippen molar-refractivity contribution in [3.8, 4) is 0 Å². The summed E-state index contributed by atoms with van der Waals surface area (Å²) >= 11 is 0. The van der Waals surface area contributed by atoms with Gasteiger partial charge >= 0.3 is 0 Å². The van der Waals surface area contributed by atoms with E-state index < -0.39 is 0 Å². The van der Waals surface area contributed by atoms with Crippen LogP contribution in [0.5, 0.6) is 0 Å². The van der Waals surface area contributed by atoms with Gasteiger partial charge in [-0.1, -0.05) is 67.2 Å². The predicted molar refractivity (Wildman–Crippen MR) is 162 cm³/mol. The molecule has 4 heteroatoms. The monoisotopic (exact) mass is 509 g/mol. The Labute approximate surface area is 228 Å². The molecule has 1 aliphatic heterocycles. The molecule has 0 aromatic rings. The third-order valence-electron chi connectivity index (χ3n) is 8.03. The van der Waals surface area contributed by atoms with Crippen molar-refractivity contribution in [2.45, 2.75) is 119 Å². The Balaban J connectivity index is 2.23. The summed E-state index contributed by atoms with van der Waals surface area (Å²) in [5.41, 5.74) is 0. The highest BCUT2D eigenvalue weighted by Crippen LogP contribution is 2.10. The lowest BCUT2D eigenvalue weighted by Crippen LogP contribution is -2.47. The Kier molecular flexibility index (Phi) is 21.4. The van der Waals surface area contributed by atoms with Gasteiger partial charge in [0.15, 0.2) is 0 Å². The number of hydrogen-bond acceptors (Lipinski definition) is 4. The van der Waals surface area contributed by atoms with Crippen LogP contribution < -0.4 is 0 Å². The molecule has 0 saturated carbocycles. The molecule has 0 unspecified atom stereocenters. The van der Waals surface area contributed by atoms with E-state index in [1.54, 1.807) is 0 Å². The first-order chi connectivity index (χ1) is 17.4. The van der Waals surface area contributed by atoms with E-state index in [0.29, 0.717) is 0 Å². The molecule has 0 radical (unpaired) electrons. The molecule has 0 aromatic carbocycles. The minimum Gasteiger partial charge on any atom is -0.303 e. The first kappa shape index (κ1) is 33.9. The highest BCUT2D eigenvalue weighted by molar-refractivity contribution is 4.73. The van der Waals surface area contributed by atoms with E-state index in [1.807, 2.05) is 0 Å². The second kappa shape index (κ2) is 22.8. The summed E-state index contributed by atoms with van der Waals surface area (Å²) in [6.45, 7) is 29.6. The molecule has 0 aromatic heterocycles. The minimum atomic E-state index is 0.841. The number of unbranched alkanes of at least 4 members (excludes halogenated alkanes) is 4. The lowest BCUT2D eigenvalue weighted by atomic mass is 10.1. The molecule has 36 heavy (non-hydrogen) atoms. The molecule has 0 atom stereocenters. The fourth-order valence-electron chi connectivity index (χ4n) is 5.56. The number of rotatable bonds is 24. The second-order valence-electron chi connectivity index (χ2n) is 12.6. The van der Waals surface area contributed by atoms with Gasteiger partial charge in [0, 0.05) is 26.2 Å². The van der Waals surface area contributed by atoms with Gasteiger partial charge in [-0.3, -0.25) is 0 Å². The molecule has 1 heterocycles. The van der Waals surface area contributed by atoms with Crippen LogP contribution in [-0.4, -0.2) is 98.1 Å². The van der Waals surface area contributed by atoms with Crippen LogP contribution in [0.1, 0.15) is 119 Å². The van der Waals surface area contributed by atoms with Crippen molar-refractivity contribution >= 4 is 0 Å². The van der Waals surface area contributed by atoms with Gasteiger partial charge in [0.05, 0.1) is 0 Å². The Hall–Kier alpha value is -0.160. The van der Waals surface area contributed by atoms with E-state index in [4.69, 9.17) is 0 Å². The molecule has 1 saturated heterocycles. The third kappa shape index (κ3) is 19.0. The van der Waals surface area contributed by atoms with Gasteiger partial charge in [0.1, 0.15) is 0 Å². The maximum absolute atomic E-state index is 2.77. The van der Waals surface area contributed by atoms with Crippen molar-refractivity contribution in [3.05, 3.63) is 0 Å².